The number of hydrogen-bond donors (Lipinski definition) is 2. The molecule has 2 aromatic heterocycles. The van der Waals surface area contributed by atoms with Crippen LogP contribution in [-0.4, -0.2) is 19.9 Å². The van der Waals surface area contributed by atoms with Crippen molar-refractivity contribution in [3.63, 3.8) is 0 Å². The summed E-state index contributed by atoms with van der Waals surface area (Å²) >= 11 is -0.0781. The molecule has 2 N–H and O–H groups in total. The van der Waals surface area contributed by atoms with E-state index in [0.717, 1.165) is 25.5 Å². The first kappa shape index (κ1) is 9.70. The molecule has 0 spiro atoms. The molecule has 2 heterocycles. The molecule has 2 rings (SSSR count). The molecular weight excluding hydrogens is 291 g/mol. The van der Waals surface area contributed by atoms with Gasteiger partial charge in [0.1, 0.15) is 0 Å². The second-order valence-electron chi connectivity index (χ2n) is 3.14. The molecule has 0 radical (unpaired) electrons. The van der Waals surface area contributed by atoms with Crippen molar-refractivity contribution in [1.82, 2.24) is 19.9 Å². The topological polar surface area (TPSA) is 57.4 Å². The third-order valence-corrected chi connectivity index (χ3v) is 4.12. The Kier molecular flexibility index (Phi) is 2.85. The van der Waals surface area contributed by atoms with Crippen molar-refractivity contribution < 1.29 is 21.2 Å². The molecule has 0 amide bonds. The van der Waals surface area contributed by atoms with E-state index in [0.29, 0.717) is 0 Å². The van der Waals surface area contributed by atoms with Crippen molar-refractivity contribution in [2.24, 2.45) is 0 Å². The van der Waals surface area contributed by atoms with Crippen LogP contribution < -0.4 is 21.2 Å². The third-order valence-electron chi connectivity index (χ3n) is 1.75. The van der Waals surface area contributed by atoms with E-state index in [4.69, 9.17) is 0 Å². The minimum atomic E-state index is -0.0781. The van der Waals surface area contributed by atoms with Crippen LogP contribution in [0.5, 0.6) is 0 Å². The Morgan fingerprint density at radius 2 is 1.86 bits per heavy atom. The van der Waals surface area contributed by atoms with Gasteiger partial charge in [-0.25, -0.2) is 0 Å². The summed E-state index contributed by atoms with van der Waals surface area (Å²) < 4.78 is 2.15. The molecule has 14 heavy (non-hydrogen) atoms. The summed E-state index contributed by atoms with van der Waals surface area (Å²) in [5.41, 5.74) is 2.26. The molecule has 0 saturated heterocycles. The normalized spacial score (nSPS) is 11.0. The van der Waals surface area contributed by atoms with Crippen LogP contribution in [-0.2, 0) is 4.43 Å². The van der Waals surface area contributed by atoms with Crippen LogP contribution >= 0.6 is 0 Å². The molecule has 0 aromatic carbocycles. The standard InChI is InChI=1S/C9H12IN4/c1-6-4-11-8(13-6)3-10-9-12-5-7(2)14-9/h4-5H,3H2,1-2H3,(H,11,13)(H,12,14)/q-1. The number of aromatic amines is 2. The van der Waals surface area contributed by atoms with E-state index in [2.05, 4.69) is 19.9 Å². The molecule has 0 fully saturated rings. The number of nitrogens with zero attached hydrogens (tertiary/aromatic N) is 2. The Morgan fingerprint density at radius 3 is 2.43 bits per heavy atom. The molecule has 4 nitrogen and oxygen atoms in total. The quantitative estimate of drug-likeness (QED) is 0.520. The Morgan fingerprint density at radius 1 is 1.14 bits per heavy atom. The summed E-state index contributed by atoms with van der Waals surface area (Å²) in [6, 6.07) is 0. The van der Waals surface area contributed by atoms with Crippen LogP contribution in [0.4, 0.5) is 0 Å². The zero-order valence-electron chi connectivity index (χ0n) is 8.13. The molecule has 0 aliphatic heterocycles. The summed E-state index contributed by atoms with van der Waals surface area (Å²) in [6.45, 7) is 4.04. The fraction of sp³-hybridized carbons (Fsp3) is 0.333. The van der Waals surface area contributed by atoms with Crippen LogP contribution in [0, 0.1) is 17.7 Å². The Balaban J connectivity index is 1.94. The van der Waals surface area contributed by atoms with Gasteiger partial charge in [-0.2, -0.15) is 0 Å². The average molecular weight is 303 g/mol. The second kappa shape index (κ2) is 4.12. The third kappa shape index (κ3) is 2.34. The first-order valence-electron chi connectivity index (χ1n) is 4.35. The molecule has 0 aliphatic rings. The van der Waals surface area contributed by atoms with Crippen molar-refractivity contribution in [3.05, 3.63) is 33.4 Å². The van der Waals surface area contributed by atoms with Gasteiger partial charge in [0.25, 0.3) is 0 Å². The molecule has 0 unspecified atom stereocenters. The summed E-state index contributed by atoms with van der Waals surface area (Å²) in [5.74, 6) is 1.07. The van der Waals surface area contributed by atoms with E-state index >= 15 is 0 Å². The zero-order chi connectivity index (χ0) is 9.97. The number of rotatable bonds is 3. The number of halogens is 1. The van der Waals surface area contributed by atoms with E-state index < -0.39 is 0 Å². The van der Waals surface area contributed by atoms with Crippen molar-refractivity contribution in [1.29, 1.82) is 0 Å². The molecule has 0 atom stereocenters. The van der Waals surface area contributed by atoms with E-state index in [-0.39, 0.29) is 21.2 Å². The molecule has 76 valence electrons. The molecule has 0 bridgehead atoms. The number of hydrogen-bond acceptors (Lipinski definition) is 2. The number of aromatic nitrogens is 4. The van der Waals surface area contributed by atoms with Crippen LogP contribution in [0.15, 0.2) is 12.4 Å². The van der Waals surface area contributed by atoms with Crippen molar-refractivity contribution in [2.75, 3.05) is 0 Å². The Bertz CT molecular complexity index is 378. The number of aryl methyl sites for hydroxylation is 2. The summed E-state index contributed by atoms with van der Waals surface area (Å²) in [5, 5.41) is 0. The Labute approximate surface area is 92.8 Å². The number of alkyl halides is 1. The number of nitrogens with one attached hydrogen (secondary N) is 2. The Hall–Kier alpha value is -0.850. The van der Waals surface area contributed by atoms with E-state index in [1.165, 1.54) is 0 Å². The summed E-state index contributed by atoms with van der Waals surface area (Å²) in [6.07, 6.45) is 3.74. The van der Waals surface area contributed by atoms with Crippen LogP contribution in [0.1, 0.15) is 17.2 Å². The van der Waals surface area contributed by atoms with E-state index in [1.807, 2.05) is 26.2 Å². The SMILES string of the molecule is Cc1cnc(C[I-]c2ncc(C)[nH]2)[nH]1. The maximum absolute atomic E-state index is 4.29. The zero-order valence-corrected chi connectivity index (χ0v) is 10.3. The monoisotopic (exact) mass is 303 g/mol. The van der Waals surface area contributed by atoms with Gasteiger partial charge in [-0.15, -0.1) is 0 Å². The van der Waals surface area contributed by atoms with E-state index in [1.54, 1.807) is 0 Å². The predicted molar refractivity (Wildman–Crippen MR) is 49.1 cm³/mol. The van der Waals surface area contributed by atoms with Gasteiger partial charge >= 0.3 is 92.9 Å². The first-order chi connectivity index (χ1) is 6.74. The fourth-order valence-corrected chi connectivity index (χ4v) is 3.17. The fourth-order valence-electron chi connectivity index (χ4n) is 1.11. The van der Waals surface area contributed by atoms with Crippen LogP contribution in [0.2, 0.25) is 0 Å². The first-order valence-corrected chi connectivity index (χ1v) is 6.96. The molecule has 2 aromatic rings. The van der Waals surface area contributed by atoms with Gasteiger partial charge in [0, 0.05) is 0 Å². The maximum atomic E-state index is 4.29. The number of imidazole rings is 2. The van der Waals surface area contributed by atoms with Crippen molar-refractivity contribution in [3.8, 4) is 0 Å². The van der Waals surface area contributed by atoms with Crippen LogP contribution in [0.25, 0.3) is 0 Å². The van der Waals surface area contributed by atoms with Gasteiger partial charge in [0.2, 0.25) is 0 Å². The molecule has 0 aliphatic carbocycles. The van der Waals surface area contributed by atoms with Gasteiger partial charge in [0.15, 0.2) is 0 Å². The molecule has 5 heteroatoms. The predicted octanol–water partition coefficient (Wildman–Crippen LogP) is -1.79. The number of H-pyrrole nitrogens is 2. The van der Waals surface area contributed by atoms with Crippen LogP contribution in [0.3, 0.4) is 0 Å². The minimum absolute atomic E-state index is 0.0781. The van der Waals surface area contributed by atoms with Gasteiger partial charge in [-0.05, 0) is 0 Å². The summed E-state index contributed by atoms with van der Waals surface area (Å²) in [4.78, 5) is 15.0. The van der Waals surface area contributed by atoms with Gasteiger partial charge in [-0.1, -0.05) is 0 Å². The summed E-state index contributed by atoms with van der Waals surface area (Å²) in [7, 11) is 0. The van der Waals surface area contributed by atoms with Gasteiger partial charge in [-0.3, -0.25) is 0 Å². The molecular formula is C9H12IN4-. The van der Waals surface area contributed by atoms with Crippen molar-refractivity contribution in [2.45, 2.75) is 18.3 Å². The van der Waals surface area contributed by atoms with Gasteiger partial charge < -0.3 is 0 Å². The van der Waals surface area contributed by atoms with Crippen molar-refractivity contribution >= 4 is 0 Å². The average Bonchev–Trinajstić information content (AvgIpc) is 2.72. The second-order valence-corrected chi connectivity index (χ2v) is 5.68. The van der Waals surface area contributed by atoms with E-state index in [9.17, 15) is 0 Å². The molecule has 0 saturated carbocycles. The van der Waals surface area contributed by atoms with Gasteiger partial charge in [0.05, 0.1) is 0 Å².